The number of carbonyl (C=O) groups is 1. The van der Waals surface area contributed by atoms with Crippen LogP contribution >= 0.6 is 0 Å². The van der Waals surface area contributed by atoms with E-state index in [0.29, 0.717) is 17.4 Å². The van der Waals surface area contributed by atoms with Gasteiger partial charge in [0.1, 0.15) is 12.1 Å². The van der Waals surface area contributed by atoms with Gasteiger partial charge in [0.15, 0.2) is 0 Å². The van der Waals surface area contributed by atoms with E-state index in [-0.39, 0.29) is 30.0 Å². The third-order valence-corrected chi connectivity index (χ3v) is 4.85. The highest BCUT2D eigenvalue weighted by molar-refractivity contribution is 5.80. The van der Waals surface area contributed by atoms with E-state index in [9.17, 15) is 9.59 Å². The van der Waals surface area contributed by atoms with Crippen LogP contribution in [0, 0.1) is 0 Å². The lowest BCUT2D eigenvalue weighted by Gasteiger charge is -2.30. The van der Waals surface area contributed by atoms with Gasteiger partial charge in [-0.3, -0.25) is 14.3 Å². The maximum atomic E-state index is 12.8. The van der Waals surface area contributed by atoms with Crippen molar-refractivity contribution in [1.29, 1.82) is 0 Å². The van der Waals surface area contributed by atoms with Crippen molar-refractivity contribution in [2.75, 3.05) is 20.1 Å². The number of likely N-dealkylation sites (tertiary alicyclic amines) is 1. The summed E-state index contributed by atoms with van der Waals surface area (Å²) >= 11 is 0. The van der Waals surface area contributed by atoms with Gasteiger partial charge >= 0.3 is 0 Å². The fraction of sp³-hybridized carbons (Fsp3) is 0.667. The maximum absolute atomic E-state index is 12.8. The second-order valence-electron chi connectivity index (χ2n) is 7.42. The summed E-state index contributed by atoms with van der Waals surface area (Å²) < 4.78 is 3.02. The molecule has 0 unspecified atom stereocenters. The van der Waals surface area contributed by atoms with Crippen molar-refractivity contribution < 1.29 is 4.79 Å². The number of carbonyl (C=O) groups excluding carboxylic acids is 1. The Morgan fingerprint density at radius 1 is 1.38 bits per heavy atom. The quantitative estimate of drug-likeness (QED) is 0.858. The average Bonchev–Trinajstić information content (AvgIpc) is 3.01. The van der Waals surface area contributed by atoms with Gasteiger partial charge < -0.3 is 10.2 Å². The molecule has 8 heteroatoms. The topological polar surface area (TPSA) is 85.0 Å². The van der Waals surface area contributed by atoms with Crippen molar-refractivity contribution in [2.45, 2.75) is 58.7 Å². The molecule has 1 atom stereocenters. The monoisotopic (exact) mass is 360 g/mol. The van der Waals surface area contributed by atoms with Gasteiger partial charge in [0, 0.05) is 25.3 Å². The van der Waals surface area contributed by atoms with Crippen LogP contribution in [0.15, 0.2) is 11.0 Å². The van der Waals surface area contributed by atoms with Crippen molar-refractivity contribution in [1.82, 2.24) is 29.8 Å². The molecular weight excluding hydrogens is 332 g/mol. The van der Waals surface area contributed by atoms with Crippen LogP contribution in [0.2, 0.25) is 0 Å². The summed E-state index contributed by atoms with van der Waals surface area (Å²) in [4.78, 5) is 27.4. The molecule has 1 N–H and O–H groups in total. The number of hydrogen-bond acceptors (Lipinski definition) is 5. The minimum absolute atomic E-state index is 0.0635. The number of likely N-dealkylation sites (N-methyl/N-ethyl adjacent to an activating group) is 1. The second kappa shape index (κ2) is 7.57. The van der Waals surface area contributed by atoms with Gasteiger partial charge in [0.25, 0.3) is 5.56 Å². The van der Waals surface area contributed by atoms with E-state index in [1.165, 1.54) is 4.68 Å². The highest BCUT2D eigenvalue weighted by Gasteiger charge is 2.21. The summed E-state index contributed by atoms with van der Waals surface area (Å²) in [5, 5.41) is 12.5. The summed E-state index contributed by atoms with van der Waals surface area (Å²) in [6.45, 7) is 8.52. The summed E-state index contributed by atoms with van der Waals surface area (Å²) in [5.41, 5.74) is 1.12. The summed E-state index contributed by atoms with van der Waals surface area (Å²) in [7, 11) is 2.05. The number of rotatable bonds is 5. The lowest BCUT2D eigenvalue weighted by molar-refractivity contribution is -0.123. The Morgan fingerprint density at radius 3 is 2.81 bits per heavy atom. The molecule has 1 aliphatic heterocycles. The van der Waals surface area contributed by atoms with Gasteiger partial charge in [0.05, 0.1) is 11.1 Å². The molecule has 2 aromatic rings. The summed E-state index contributed by atoms with van der Waals surface area (Å²) in [6, 6.07) is 0.132. The van der Waals surface area contributed by atoms with E-state index in [2.05, 4.69) is 27.5 Å². The van der Waals surface area contributed by atoms with Crippen LogP contribution in [-0.4, -0.2) is 56.5 Å². The van der Waals surface area contributed by atoms with Crippen LogP contribution in [0.25, 0.3) is 10.9 Å². The average molecular weight is 360 g/mol. The first-order valence-electron chi connectivity index (χ1n) is 9.35. The highest BCUT2D eigenvalue weighted by atomic mass is 16.2. The van der Waals surface area contributed by atoms with Crippen LogP contribution in [0.1, 0.15) is 45.2 Å². The summed E-state index contributed by atoms with van der Waals surface area (Å²) in [5.74, 6) is -0.0588. The van der Waals surface area contributed by atoms with Gasteiger partial charge in [-0.25, -0.2) is 4.68 Å². The normalized spacial score (nSPS) is 18.6. The Kier molecular flexibility index (Phi) is 5.41. The number of aromatic nitrogens is 4. The Bertz CT molecular complexity index is 853. The van der Waals surface area contributed by atoms with Crippen molar-refractivity contribution in [3.63, 3.8) is 0 Å². The fourth-order valence-electron chi connectivity index (χ4n) is 3.48. The first-order valence-corrected chi connectivity index (χ1v) is 9.35. The van der Waals surface area contributed by atoms with Crippen LogP contribution in [0.5, 0.6) is 0 Å². The van der Waals surface area contributed by atoms with Gasteiger partial charge in [-0.05, 0) is 39.3 Å². The zero-order valence-electron chi connectivity index (χ0n) is 16.0. The zero-order valence-corrected chi connectivity index (χ0v) is 16.0. The van der Waals surface area contributed by atoms with Gasteiger partial charge in [-0.2, -0.15) is 10.2 Å². The molecule has 26 heavy (non-hydrogen) atoms. The molecule has 0 aliphatic carbocycles. The SMILES string of the molecule is CCn1cc2c(=O)n(CC(=O)N[C@@H]3CCCN(C)C3)nc(C(C)C)c2n1. The number of nitrogens with zero attached hydrogens (tertiary/aromatic N) is 5. The minimum atomic E-state index is -0.264. The van der Waals surface area contributed by atoms with Gasteiger partial charge in [0.2, 0.25) is 5.91 Å². The molecule has 1 amide bonds. The molecule has 0 saturated carbocycles. The van der Waals surface area contributed by atoms with E-state index in [0.717, 1.165) is 31.6 Å². The van der Waals surface area contributed by atoms with Crippen molar-refractivity contribution in [3.8, 4) is 0 Å². The van der Waals surface area contributed by atoms with Crippen LogP contribution in [0.4, 0.5) is 0 Å². The number of hydrogen-bond donors (Lipinski definition) is 1. The predicted molar refractivity (Wildman–Crippen MR) is 100 cm³/mol. The maximum Gasteiger partial charge on any atom is 0.278 e. The zero-order chi connectivity index (χ0) is 18.8. The number of piperidine rings is 1. The first kappa shape index (κ1) is 18.6. The van der Waals surface area contributed by atoms with Crippen LogP contribution in [-0.2, 0) is 17.9 Å². The molecule has 0 bridgehead atoms. The highest BCUT2D eigenvalue weighted by Crippen LogP contribution is 2.19. The smallest absolute Gasteiger partial charge is 0.278 e. The van der Waals surface area contributed by atoms with E-state index < -0.39 is 0 Å². The van der Waals surface area contributed by atoms with E-state index in [1.54, 1.807) is 10.9 Å². The molecular formula is C18H28N6O2. The molecule has 142 valence electrons. The molecule has 1 fully saturated rings. The third-order valence-electron chi connectivity index (χ3n) is 4.85. The largest absolute Gasteiger partial charge is 0.350 e. The molecule has 0 aromatic carbocycles. The van der Waals surface area contributed by atoms with Gasteiger partial charge in [-0.1, -0.05) is 13.8 Å². The van der Waals surface area contributed by atoms with E-state index in [1.807, 2.05) is 20.8 Å². The molecule has 8 nitrogen and oxygen atoms in total. The molecule has 1 aliphatic rings. The van der Waals surface area contributed by atoms with Crippen molar-refractivity contribution in [3.05, 3.63) is 22.2 Å². The Hall–Kier alpha value is -2.22. The molecule has 3 rings (SSSR count). The molecule has 0 radical (unpaired) electrons. The number of nitrogens with one attached hydrogen (secondary N) is 1. The van der Waals surface area contributed by atoms with Gasteiger partial charge in [-0.15, -0.1) is 0 Å². The summed E-state index contributed by atoms with van der Waals surface area (Å²) in [6.07, 6.45) is 3.78. The first-order chi connectivity index (χ1) is 12.4. The number of amides is 1. The molecule has 3 heterocycles. The van der Waals surface area contributed by atoms with Crippen LogP contribution in [0.3, 0.4) is 0 Å². The predicted octanol–water partition coefficient (Wildman–Crippen LogP) is 0.947. The number of fused-ring (bicyclic) bond motifs is 1. The molecule has 1 saturated heterocycles. The van der Waals surface area contributed by atoms with Crippen molar-refractivity contribution >= 4 is 16.8 Å². The Labute approximate surface area is 153 Å². The Morgan fingerprint density at radius 2 is 2.15 bits per heavy atom. The second-order valence-corrected chi connectivity index (χ2v) is 7.42. The van der Waals surface area contributed by atoms with Crippen LogP contribution < -0.4 is 10.9 Å². The third kappa shape index (κ3) is 3.80. The standard InChI is InChI=1S/C18H28N6O2/c1-5-23-10-14-17(20-23)16(12(2)3)21-24(18(14)26)11-15(25)19-13-7-6-8-22(4)9-13/h10,12-13H,5-9,11H2,1-4H3,(H,19,25)/t13-/m1/s1. The molecule has 0 spiro atoms. The Balaban J connectivity index is 1.86. The van der Waals surface area contributed by atoms with E-state index >= 15 is 0 Å². The lowest BCUT2D eigenvalue weighted by atomic mass is 10.1. The fourth-order valence-corrected chi connectivity index (χ4v) is 3.48. The van der Waals surface area contributed by atoms with E-state index in [4.69, 9.17) is 0 Å². The minimum Gasteiger partial charge on any atom is -0.350 e. The number of aryl methyl sites for hydroxylation is 1. The molecule has 2 aromatic heterocycles. The lowest BCUT2D eigenvalue weighted by Crippen LogP contribution is -2.47. The van der Waals surface area contributed by atoms with Crippen molar-refractivity contribution in [2.24, 2.45) is 0 Å².